The molecule has 2 aliphatic rings. The van der Waals surface area contributed by atoms with Gasteiger partial charge in [0.1, 0.15) is 0 Å². The monoisotopic (exact) mass is 295 g/mol. The van der Waals surface area contributed by atoms with Crippen molar-refractivity contribution in [1.29, 1.82) is 0 Å². The highest BCUT2D eigenvalue weighted by Gasteiger charge is 2.26. The maximum atomic E-state index is 12.4. The normalized spacial score (nSPS) is 29.1. The Labute approximate surface area is 130 Å². The summed E-state index contributed by atoms with van der Waals surface area (Å²) < 4.78 is 0. The number of rotatable bonds is 4. The molecule has 2 heterocycles. The number of amides is 1. The van der Waals surface area contributed by atoms with Crippen LogP contribution >= 0.6 is 0 Å². The molecule has 0 aromatic heterocycles. The number of piperidine rings is 2. The Morgan fingerprint density at radius 3 is 2.29 bits per heavy atom. The molecule has 4 heteroatoms. The van der Waals surface area contributed by atoms with E-state index in [9.17, 15) is 4.79 Å². The highest BCUT2D eigenvalue weighted by molar-refractivity contribution is 5.76. The predicted molar refractivity (Wildman–Crippen MR) is 87.3 cm³/mol. The number of hydrogen-bond donors (Lipinski definition) is 0. The topological polar surface area (TPSA) is 26.8 Å². The quantitative estimate of drug-likeness (QED) is 0.793. The van der Waals surface area contributed by atoms with Crippen LogP contribution in [0.25, 0.3) is 0 Å². The lowest BCUT2D eigenvalue weighted by Gasteiger charge is -2.37. The van der Waals surface area contributed by atoms with E-state index >= 15 is 0 Å². The van der Waals surface area contributed by atoms with Crippen LogP contribution in [0.1, 0.15) is 39.5 Å². The number of carbonyl (C=O) groups excluding carboxylic acids is 1. The SMILES string of the molecule is CC1CC(C)CN(C(=O)CCN(C)C2CCN(C)CC2)C1. The summed E-state index contributed by atoms with van der Waals surface area (Å²) in [7, 11) is 4.38. The maximum Gasteiger partial charge on any atom is 0.223 e. The Hall–Kier alpha value is -0.610. The molecule has 0 aromatic rings. The molecule has 0 N–H and O–H groups in total. The Balaban J connectivity index is 1.73. The third-order valence-corrected chi connectivity index (χ3v) is 5.21. The van der Waals surface area contributed by atoms with E-state index in [1.54, 1.807) is 0 Å². The number of carbonyl (C=O) groups is 1. The number of hydrogen-bond acceptors (Lipinski definition) is 3. The van der Waals surface area contributed by atoms with Crippen molar-refractivity contribution < 1.29 is 4.79 Å². The minimum atomic E-state index is 0.355. The van der Waals surface area contributed by atoms with Gasteiger partial charge in [0.2, 0.25) is 5.91 Å². The average molecular weight is 295 g/mol. The highest BCUT2D eigenvalue weighted by atomic mass is 16.2. The van der Waals surface area contributed by atoms with Crippen LogP contribution in [-0.2, 0) is 4.79 Å². The van der Waals surface area contributed by atoms with Crippen LogP contribution in [0.3, 0.4) is 0 Å². The minimum absolute atomic E-state index is 0.355. The molecular formula is C17H33N3O. The fraction of sp³-hybridized carbons (Fsp3) is 0.941. The van der Waals surface area contributed by atoms with E-state index in [0.717, 1.165) is 19.6 Å². The summed E-state index contributed by atoms with van der Waals surface area (Å²) in [4.78, 5) is 19.3. The summed E-state index contributed by atoms with van der Waals surface area (Å²) in [6.07, 6.45) is 4.42. The van der Waals surface area contributed by atoms with Crippen LogP contribution < -0.4 is 0 Å². The van der Waals surface area contributed by atoms with E-state index in [1.165, 1.54) is 32.4 Å². The summed E-state index contributed by atoms with van der Waals surface area (Å²) in [6, 6.07) is 0.660. The standard InChI is InChI=1S/C17H33N3O/c1-14-11-15(2)13-20(12-14)17(21)7-10-19(4)16-5-8-18(3)9-6-16/h14-16H,5-13H2,1-4H3. The van der Waals surface area contributed by atoms with Gasteiger partial charge in [-0.1, -0.05) is 13.8 Å². The van der Waals surface area contributed by atoms with E-state index in [1.807, 2.05) is 0 Å². The van der Waals surface area contributed by atoms with Gasteiger partial charge in [0, 0.05) is 32.1 Å². The van der Waals surface area contributed by atoms with Gasteiger partial charge in [-0.25, -0.2) is 0 Å². The van der Waals surface area contributed by atoms with Crippen molar-refractivity contribution in [1.82, 2.24) is 14.7 Å². The van der Waals surface area contributed by atoms with Crippen molar-refractivity contribution in [3.8, 4) is 0 Å². The molecule has 2 atom stereocenters. The van der Waals surface area contributed by atoms with Gasteiger partial charge in [0.15, 0.2) is 0 Å². The van der Waals surface area contributed by atoms with Crippen molar-refractivity contribution in [3.63, 3.8) is 0 Å². The van der Waals surface area contributed by atoms with Gasteiger partial charge in [0.25, 0.3) is 0 Å². The van der Waals surface area contributed by atoms with Crippen molar-refractivity contribution in [3.05, 3.63) is 0 Å². The molecule has 2 aliphatic heterocycles. The van der Waals surface area contributed by atoms with Gasteiger partial charge in [-0.3, -0.25) is 4.79 Å². The van der Waals surface area contributed by atoms with Crippen molar-refractivity contribution in [2.24, 2.45) is 11.8 Å². The molecule has 0 aliphatic carbocycles. The van der Waals surface area contributed by atoms with E-state index < -0.39 is 0 Å². The van der Waals surface area contributed by atoms with E-state index in [4.69, 9.17) is 0 Å². The van der Waals surface area contributed by atoms with E-state index in [-0.39, 0.29) is 0 Å². The summed E-state index contributed by atoms with van der Waals surface area (Å²) in [5, 5.41) is 0. The fourth-order valence-corrected chi connectivity index (χ4v) is 3.91. The van der Waals surface area contributed by atoms with Crippen LogP contribution in [0.2, 0.25) is 0 Å². The lowest BCUT2D eigenvalue weighted by molar-refractivity contribution is -0.134. The van der Waals surface area contributed by atoms with Gasteiger partial charge in [0.05, 0.1) is 0 Å². The molecule has 2 rings (SSSR count). The fourth-order valence-electron chi connectivity index (χ4n) is 3.91. The summed E-state index contributed by atoms with van der Waals surface area (Å²) >= 11 is 0. The largest absolute Gasteiger partial charge is 0.342 e. The first-order chi connectivity index (χ1) is 9.95. The number of nitrogens with zero attached hydrogens (tertiary/aromatic N) is 3. The summed E-state index contributed by atoms with van der Waals surface area (Å²) in [5.74, 6) is 1.67. The van der Waals surface area contributed by atoms with Crippen LogP contribution in [0.5, 0.6) is 0 Å². The molecule has 0 radical (unpaired) electrons. The lowest BCUT2D eigenvalue weighted by Crippen LogP contribution is -2.45. The molecule has 2 saturated heterocycles. The summed E-state index contributed by atoms with van der Waals surface area (Å²) in [6.45, 7) is 9.73. The van der Waals surface area contributed by atoms with Gasteiger partial charge in [-0.05, 0) is 58.3 Å². The smallest absolute Gasteiger partial charge is 0.223 e. The molecule has 0 aromatic carbocycles. The second-order valence-corrected chi connectivity index (χ2v) is 7.51. The van der Waals surface area contributed by atoms with E-state index in [0.29, 0.717) is 30.2 Å². The summed E-state index contributed by atoms with van der Waals surface area (Å²) in [5.41, 5.74) is 0. The molecule has 0 saturated carbocycles. The van der Waals surface area contributed by atoms with Crippen molar-refractivity contribution >= 4 is 5.91 Å². The lowest BCUT2D eigenvalue weighted by atomic mass is 9.92. The maximum absolute atomic E-state index is 12.4. The molecule has 4 nitrogen and oxygen atoms in total. The van der Waals surface area contributed by atoms with Crippen molar-refractivity contribution in [2.75, 3.05) is 46.8 Å². The van der Waals surface area contributed by atoms with Crippen LogP contribution in [0.15, 0.2) is 0 Å². The first-order valence-electron chi connectivity index (χ1n) is 8.62. The predicted octanol–water partition coefficient (Wildman–Crippen LogP) is 1.91. The zero-order valence-electron chi connectivity index (χ0n) is 14.3. The highest BCUT2D eigenvalue weighted by Crippen LogP contribution is 2.21. The second kappa shape index (κ2) is 7.59. The van der Waals surface area contributed by atoms with Gasteiger partial charge < -0.3 is 14.7 Å². The Morgan fingerprint density at radius 2 is 1.71 bits per heavy atom. The first kappa shape index (κ1) is 16.8. The molecule has 21 heavy (non-hydrogen) atoms. The second-order valence-electron chi connectivity index (χ2n) is 7.51. The average Bonchev–Trinajstić information content (AvgIpc) is 2.44. The van der Waals surface area contributed by atoms with Crippen molar-refractivity contribution in [2.45, 2.75) is 45.6 Å². The Morgan fingerprint density at radius 1 is 1.14 bits per heavy atom. The molecule has 1 amide bonds. The third-order valence-electron chi connectivity index (χ3n) is 5.21. The first-order valence-corrected chi connectivity index (χ1v) is 8.62. The molecule has 2 fully saturated rings. The van der Waals surface area contributed by atoms with E-state index in [2.05, 4.69) is 42.6 Å². The molecule has 122 valence electrons. The van der Waals surface area contributed by atoms with Gasteiger partial charge in [-0.2, -0.15) is 0 Å². The zero-order valence-corrected chi connectivity index (χ0v) is 14.3. The van der Waals surface area contributed by atoms with Gasteiger partial charge >= 0.3 is 0 Å². The Bertz CT molecular complexity index is 329. The number of likely N-dealkylation sites (tertiary alicyclic amines) is 2. The van der Waals surface area contributed by atoms with Crippen LogP contribution in [-0.4, -0.2) is 73.5 Å². The molecule has 0 bridgehead atoms. The van der Waals surface area contributed by atoms with Gasteiger partial charge in [-0.15, -0.1) is 0 Å². The molecule has 2 unspecified atom stereocenters. The molecule has 0 spiro atoms. The van der Waals surface area contributed by atoms with Crippen LogP contribution in [0.4, 0.5) is 0 Å². The van der Waals surface area contributed by atoms with Crippen LogP contribution in [0, 0.1) is 11.8 Å². The zero-order chi connectivity index (χ0) is 15.4. The third kappa shape index (κ3) is 4.96. The minimum Gasteiger partial charge on any atom is -0.342 e. The Kier molecular flexibility index (Phi) is 6.06. The molecular weight excluding hydrogens is 262 g/mol.